The summed E-state index contributed by atoms with van der Waals surface area (Å²) in [4.78, 5) is 10.6. The minimum Gasteiger partial charge on any atom is -0.481 e. The Bertz CT molecular complexity index is 143. The van der Waals surface area contributed by atoms with Gasteiger partial charge in [0.15, 0.2) is 0 Å². The van der Waals surface area contributed by atoms with Gasteiger partial charge >= 0.3 is 5.97 Å². The molecule has 0 radical (unpaired) electrons. The maximum Gasteiger partial charge on any atom is 0.309 e. The molecular weight excluding hydrogens is 168 g/mol. The van der Waals surface area contributed by atoms with Crippen molar-refractivity contribution in [1.82, 2.24) is 0 Å². The second kappa shape index (κ2) is 6.89. The van der Waals surface area contributed by atoms with Crippen LogP contribution in [0.5, 0.6) is 0 Å². The van der Waals surface area contributed by atoms with Crippen LogP contribution in [0.4, 0.5) is 0 Å². The Morgan fingerprint density at radius 2 is 1.92 bits per heavy atom. The van der Waals surface area contributed by atoms with E-state index < -0.39 is 18.0 Å². The Hall–Kier alpha value is -0.570. The average Bonchev–Trinajstić information content (AvgIpc) is 2.02. The summed E-state index contributed by atoms with van der Waals surface area (Å²) in [5, 5.41) is 17.9. The molecule has 0 aliphatic heterocycles. The number of carbonyl (C=O) groups is 1. The lowest BCUT2D eigenvalue weighted by molar-refractivity contribution is -0.145. The molecule has 0 saturated carbocycles. The van der Waals surface area contributed by atoms with Crippen molar-refractivity contribution < 1.29 is 15.0 Å². The highest BCUT2D eigenvalue weighted by molar-refractivity contribution is 5.70. The van der Waals surface area contributed by atoms with Crippen LogP contribution in [0.15, 0.2) is 0 Å². The summed E-state index contributed by atoms with van der Waals surface area (Å²) in [6.45, 7) is 3.65. The molecule has 0 unspecified atom stereocenters. The van der Waals surface area contributed by atoms with Crippen LogP contribution in [-0.4, -0.2) is 22.3 Å². The molecule has 13 heavy (non-hydrogen) atoms. The lowest BCUT2D eigenvalue weighted by atomic mass is 9.96. The standard InChI is InChI=1S/C10H20O3/c1-3-4-5-6-7-9(8(2)11)10(12)13/h8-9,11H,3-7H2,1-2H3,(H,12,13)/t8-,9-/m1/s1. The third kappa shape index (κ3) is 5.64. The number of aliphatic hydroxyl groups excluding tert-OH is 1. The molecule has 78 valence electrons. The van der Waals surface area contributed by atoms with E-state index >= 15 is 0 Å². The molecule has 0 aliphatic carbocycles. The predicted molar refractivity (Wildman–Crippen MR) is 51.6 cm³/mol. The van der Waals surface area contributed by atoms with Gasteiger partial charge in [0.25, 0.3) is 0 Å². The zero-order valence-corrected chi connectivity index (χ0v) is 8.49. The van der Waals surface area contributed by atoms with Crippen molar-refractivity contribution in [3.05, 3.63) is 0 Å². The smallest absolute Gasteiger partial charge is 0.309 e. The minimum atomic E-state index is -0.883. The van der Waals surface area contributed by atoms with Gasteiger partial charge in [-0.2, -0.15) is 0 Å². The summed E-state index contributed by atoms with van der Waals surface area (Å²) in [5.41, 5.74) is 0. The number of carboxylic acids is 1. The van der Waals surface area contributed by atoms with Crippen LogP contribution >= 0.6 is 0 Å². The molecule has 0 amide bonds. The SMILES string of the molecule is CCCCCC[C@@H](C(=O)O)[C@@H](C)O. The van der Waals surface area contributed by atoms with Crippen molar-refractivity contribution in [2.45, 2.75) is 52.1 Å². The van der Waals surface area contributed by atoms with Crippen molar-refractivity contribution in [2.24, 2.45) is 5.92 Å². The number of aliphatic carboxylic acids is 1. The fourth-order valence-electron chi connectivity index (χ4n) is 1.36. The Morgan fingerprint density at radius 3 is 2.31 bits per heavy atom. The van der Waals surface area contributed by atoms with E-state index in [0.29, 0.717) is 6.42 Å². The van der Waals surface area contributed by atoms with Gasteiger partial charge in [-0.1, -0.05) is 32.6 Å². The predicted octanol–water partition coefficient (Wildman–Crippen LogP) is 2.04. The first-order valence-electron chi connectivity index (χ1n) is 5.00. The summed E-state index contributed by atoms with van der Waals surface area (Å²) in [6, 6.07) is 0. The van der Waals surface area contributed by atoms with Crippen LogP contribution in [0.1, 0.15) is 46.0 Å². The molecule has 0 heterocycles. The molecule has 3 heteroatoms. The molecular formula is C10H20O3. The highest BCUT2D eigenvalue weighted by Crippen LogP contribution is 2.14. The van der Waals surface area contributed by atoms with Crippen LogP contribution < -0.4 is 0 Å². The molecule has 0 aliphatic rings. The molecule has 0 rings (SSSR count). The summed E-state index contributed by atoms with van der Waals surface area (Å²) < 4.78 is 0. The van der Waals surface area contributed by atoms with Gasteiger partial charge in [0.1, 0.15) is 0 Å². The summed E-state index contributed by atoms with van der Waals surface area (Å²) >= 11 is 0. The van der Waals surface area contributed by atoms with Crippen LogP contribution in [-0.2, 0) is 4.79 Å². The van der Waals surface area contributed by atoms with Gasteiger partial charge in [-0.05, 0) is 13.3 Å². The van der Waals surface area contributed by atoms with Gasteiger partial charge in [-0.25, -0.2) is 0 Å². The Balaban J connectivity index is 3.64. The van der Waals surface area contributed by atoms with E-state index in [-0.39, 0.29) is 0 Å². The summed E-state index contributed by atoms with van der Waals surface area (Å²) in [6.07, 6.45) is 4.10. The molecule has 3 nitrogen and oxygen atoms in total. The Labute approximate surface area is 79.8 Å². The molecule has 0 aromatic carbocycles. The zero-order valence-electron chi connectivity index (χ0n) is 8.49. The van der Waals surface area contributed by atoms with Crippen molar-refractivity contribution in [3.8, 4) is 0 Å². The molecule has 2 N–H and O–H groups in total. The topological polar surface area (TPSA) is 57.5 Å². The van der Waals surface area contributed by atoms with Gasteiger partial charge in [0, 0.05) is 0 Å². The molecule has 0 spiro atoms. The first-order valence-corrected chi connectivity index (χ1v) is 5.00. The number of unbranched alkanes of at least 4 members (excludes halogenated alkanes) is 3. The number of hydrogen-bond donors (Lipinski definition) is 2. The monoisotopic (exact) mass is 188 g/mol. The van der Waals surface area contributed by atoms with Crippen molar-refractivity contribution >= 4 is 5.97 Å². The van der Waals surface area contributed by atoms with Crippen LogP contribution in [0.3, 0.4) is 0 Å². The maximum absolute atomic E-state index is 10.6. The van der Waals surface area contributed by atoms with Gasteiger partial charge in [0.2, 0.25) is 0 Å². The van der Waals surface area contributed by atoms with E-state index in [1.165, 1.54) is 0 Å². The van der Waals surface area contributed by atoms with E-state index in [0.717, 1.165) is 25.7 Å². The first kappa shape index (κ1) is 12.4. The van der Waals surface area contributed by atoms with Crippen LogP contribution in [0.25, 0.3) is 0 Å². The minimum absolute atomic E-state index is 0.586. The Kier molecular flexibility index (Phi) is 6.59. The van der Waals surface area contributed by atoms with Gasteiger partial charge in [0.05, 0.1) is 12.0 Å². The molecule has 0 bridgehead atoms. The quantitative estimate of drug-likeness (QED) is 0.601. The third-order valence-corrected chi connectivity index (χ3v) is 2.27. The van der Waals surface area contributed by atoms with E-state index in [1.54, 1.807) is 6.92 Å². The molecule has 2 atom stereocenters. The summed E-state index contributed by atoms with van der Waals surface area (Å²) in [5.74, 6) is -1.47. The lowest BCUT2D eigenvalue weighted by Gasteiger charge is -2.14. The van der Waals surface area contributed by atoms with Gasteiger partial charge < -0.3 is 10.2 Å². The second-order valence-corrected chi connectivity index (χ2v) is 3.53. The largest absolute Gasteiger partial charge is 0.481 e. The average molecular weight is 188 g/mol. The van der Waals surface area contributed by atoms with Crippen molar-refractivity contribution in [1.29, 1.82) is 0 Å². The molecule has 0 aromatic rings. The lowest BCUT2D eigenvalue weighted by Crippen LogP contribution is -2.25. The zero-order chi connectivity index (χ0) is 10.3. The van der Waals surface area contributed by atoms with E-state index in [9.17, 15) is 4.79 Å². The maximum atomic E-state index is 10.6. The third-order valence-electron chi connectivity index (χ3n) is 2.27. The first-order chi connectivity index (χ1) is 6.09. The van der Waals surface area contributed by atoms with E-state index in [1.807, 2.05) is 0 Å². The number of aliphatic hydroxyl groups is 1. The number of carboxylic acid groups (broad SMARTS) is 1. The van der Waals surface area contributed by atoms with Gasteiger partial charge in [-0.15, -0.1) is 0 Å². The fourth-order valence-corrected chi connectivity index (χ4v) is 1.36. The van der Waals surface area contributed by atoms with Gasteiger partial charge in [-0.3, -0.25) is 4.79 Å². The molecule has 0 aromatic heterocycles. The Morgan fingerprint density at radius 1 is 1.31 bits per heavy atom. The van der Waals surface area contributed by atoms with E-state index in [2.05, 4.69) is 6.92 Å². The number of hydrogen-bond acceptors (Lipinski definition) is 2. The van der Waals surface area contributed by atoms with Crippen molar-refractivity contribution in [3.63, 3.8) is 0 Å². The normalized spacial score (nSPS) is 15.3. The van der Waals surface area contributed by atoms with Crippen LogP contribution in [0.2, 0.25) is 0 Å². The van der Waals surface area contributed by atoms with E-state index in [4.69, 9.17) is 10.2 Å². The van der Waals surface area contributed by atoms with Crippen LogP contribution in [0, 0.1) is 5.92 Å². The highest BCUT2D eigenvalue weighted by Gasteiger charge is 2.21. The van der Waals surface area contributed by atoms with Crippen molar-refractivity contribution in [2.75, 3.05) is 0 Å². The molecule has 0 saturated heterocycles. The number of rotatable bonds is 7. The second-order valence-electron chi connectivity index (χ2n) is 3.53. The highest BCUT2D eigenvalue weighted by atomic mass is 16.4. The summed E-state index contributed by atoms with van der Waals surface area (Å²) in [7, 11) is 0. The molecule has 0 fully saturated rings. The fraction of sp³-hybridized carbons (Fsp3) is 0.900.